The molecule has 3 rings (SSSR count). The van der Waals surface area contributed by atoms with Crippen molar-refractivity contribution in [1.82, 2.24) is 5.32 Å². The average molecular weight is 417 g/mol. The van der Waals surface area contributed by atoms with Gasteiger partial charge in [0.15, 0.2) is 6.61 Å². The molecular weight excluding hydrogens is 388 g/mol. The third kappa shape index (κ3) is 5.50. The van der Waals surface area contributed by atoms with Crippen molar-refractivity contribution in [3.8, 4) is 5.75 Å². The van der Waals surface area contributed by atoms with Gasteiger partial charge in [-0.2, -0.15) is 0 Å². The van der Waals surface area contributed by atoms with Crippen molar-refractivity contribution < 1.29 is 17.9 Å². The highest BCUT2D eigenvalue weighted by Crippen LogP contribution is 2.25. The van der Waals surface area contributed by atoms with Crippen molar-refractivity contribution in [2.75, 3.05) is 24.2 Å². The van der Waals surface area contributed by atoms with Crippen LogP contribution in [-0.4, -0.2) is 34.2 Å². The molecule has 2 aromatic carbocycles. The van der Waals surface area contributed by atoms with Gasteiger partial charge in [-0.25, -0.2) is 8.42 Å². The van der Waals surface area contributed by atoms with E-state index in [0.717, 1.165) is 24.7 Å². The molecule has 0 aliphatic heterocycles. The second-order valence-corrected chi connectivity index (χ2v) is 9.55. The van der Waals surface area contributed by atoms with E-state index in [4.69, 9.17) is 4.74 Å². The lowest BCUT2D eigenvalue weighted by Gasteiger charge is -2.20. The summed E-state index contributed by atoms with van der Waals surface area (Å²) in [4.78, 5) is 12.3. The van der Waals surface area contributed by atoms with Crippen molar-refractivity contribution >= 4 is 21.6 Å². The number of aryl methyl sites for hydroxylation is 2. The lowest BCUT2D eigenvalue weighted by Crippen LogP contribution is -2.31. The molecule has 29 heavy (non-hydrogen) atoms. The summed E-state index contributed by atoms with van der Waals surface area (Å²) in [6.07, 6.45) is 5.87. The summed E-state index contributed by atoms with van der Waals surface area (Å²) in [5.74, 6) is 0.305. The molecule has 1 aliphatic carbocycles. The van der Waals surface area contributed by atoms with Crippen molar-refractivity contribution in [3.63, 3.8) is 0 Å². The standard InChI is InChI=1S/C22H28N2O4S/c1-16(18-9-8-17-6-4-5-7-19(17)14-18)23-22(25)15-28-21-12-10-20(11-13-21)24(2)29(3,26)27/h8-14,16H,4-7,15H2,1-3H3,(H,23,25). The summed E-state index contributed by atoms with van der Waals surface area (Å²) in [6, 6.07) is 13.0. The van der Waals surface area contributed by atoms with Crippen molar-refractivity contribution in [2.45, 2.75) is 38.6 Å². The highest BCUT2D eigenvalue weighted by atomic mass is 32.2. The van der Waals surface area contributed by atoms with Gasteiger partial charge < -0.3 is 10.1 Å². The predicted molar refractivity (Wildman–Crippen MR) is 115 cm³/mol. The molecule has 1 aliphatic rings. The molecule has 0 fully saturated rings. The number of anilines is 1. The molecule has 0 saturated heterocycles. The van der Waals surface area contributed by atoms with Gasteiger partial charge in [-0.15, -0.1) is 0 Å². The number of nitrogens with one attached hydrogen (secondary N) is 1. The van der Waals surface area contributed by atoms with E-state index in [1.807, 2.05) is 6.92 Å². The van der Waals surface area contributed by atoms with E-state index in [2.05, 4.69) is 23.5 Å². The highest BCUT2D eigenvalue weighted by molar-refractivity contribution is 7.92. The van der Waals surface area contributed by atoms with E-state index < -0.39 is 10.0 Å². The largest absolute Gasteiger partial charge is 0.484 e. The quantitative estimate of drug-likeness (QED) is 0.752. The lowest BCUT2D eigenvalue weighted by molar-refractivity contribution is -0.123. The first-order valence-corrected chi connectivity index (χ1v) is 11.7. The van der Waals surface area contributed by atoms with Gasteiger partial charge in [0.1, 0.15) is 5.75 Å². The van der Waals surface area contributed by atoms with E-state index in [-0.39, 0.29) is 18.6 Å². The molecule has 7 heteroatoms. The van der Waals surface area contributed by atoms with Gasteiger partial charge in [0.2, 0.25) is 10.0 Å². The summed E-state index contributed by atoms with van der Waals surface area (Å²) in [5, 5.41) is 2.97. The first kappa shape index (κ1) is 21.2. The minimum atomic E-state index is -3.31. The first-order chi connectivity index (χ1) is 13.7. The zero-order valence-electron chi connectivity index (χ0n) is 17.1. The number of amides is 1. The van der Waals surface area contributed by atoms with Crippen LogP contribution in [0.15, 0.2) is 42.5 Å². The number of hydrogen-bond acceptors (Lipinski definition) is 4. The van der Waals surface area contributed by atoms with E-state index in [1.54, 1.807) is 24.3 Å². The third-order valence-corrected chi connectivity index (χ3v) is 6.52. The first-order valence-electron chi connectivity index (χ1n) is 9.82. The topological polar surface area (TPSA) is 75.7 Å². The molecule has 0 saturated carbocycles. The minimum absolute atomic E-state index is 0.0934. The molecule has 1 N–H and O–H groups in total. The van der Waals surface area contributed by atoms with Gasteiger partial charge in [-0.3, -0.25) is 9.10 Å². The van der Waals surface area contributed by atoms with E-state index >= 15 is 0 Å². The van der Waals surface area contributed by atoms with Crippen LogP contribution in [0.5, 0.6) is 5.75 Å². The number of hydrogen-bond donors (Lipinski definition) is 1. The maximum absolute atomic E-state index is 12.3. The Morgan fingerprint density at radius 3 is 2.41 bits per heavy atom. The Kier molecular flexibility index (Phi) is 6.47. The summed E-state index contributed by atoms with van der Waals surface area (Å²) >= 11 is 0. The SMILES string of the molecule is CC(NC(=O)COc1ccc(N(C)S(C)(=O)=O)cc1)c1ccc2c(c1)CCCC2. The third-order valence-electron chi connectivity index (χ3n) is 5.32. The van der Waals surface area contributed by atoms with Crippen LogP contribution >= 0.6 is 0 Å². The number of carbonyl (C=O) groups excluding carboxylic acids is 1. The van der Waals surface area contributed by atoms with Crippen LogP contribution in [0.25, 0.3) is 0 Å². The van der Waals surface area contributed by atoms with Crippen LogP contribution in [0.3, 0.4) is 0 Å². The predicted octanol–water partition coefficient (Wildman–Crippen LogP) is 3.22. The molecule has 0 radical (unpaired) electrons. The number of carbonyl (C=O) groups is 1. The summed E-state index contributed by atoms with van der Waals surface area (Å²) in [6.45, 7) is 1.87. The van der Waals surface area contributed by atoms with Crippen LogP contribution in [0.1, 0.15) is 42.5 Å². The Morgan fingerprint density at radius 2 is 1.76 bits per heavy atom. The fourth-order valence-electron chi connectivity index (χ4n) is 3.48. The molecule has 0 aromatic heterocycles. The Hall–Kier alpha value is -2.54. The number of nitrogens with zero attached hydrogens (tertiary/aromatic N) is 1. The van der Waals surface area contributed by atoms with Gasteiger partial charge >= 0.3 is 0 Å². The lowest BCUT2D eigenvalue weighted by atomic mass is 9.89. The Balaban J connectivity index is 1.53. The van der Waals surface area contributed by atoms with E-state index in [9.17, 15) is 13.2 Å². The van der Waals surface area contributed by atoms with Crippen molar-refractivity contribution in [1.29, 1.82) is 0 Å². The van der Waals surface area contributed by atoms with Gasteiger partial charge in [0.05, 0.1) is 18.0 Å². The fourth-order valence-corrected chi connectivity index (χ4v) is 3.99. The second kappa shape index (κ2) is 8.86. The van der Waals surface area contributed by atoms with Gasteiger partial charge in [0.25, 0.3) is 5.91 Å². The summed E-state index contributed by atoms with van der Waals surface area (Å²) in [5.41, 5.74) is 4.45. The molecular formula is C22H28N2O4S. The van der Waals surface area contributed by atoms with Crippen molar-refractivity contribution in [2.24, 2.45) is 0 Å². The van der Waals surface area contributed by atoms with E-state index in [1.165, 1.54) is 35.3 Å². The molecule has 6 nitrogen and oxygen atoms in total. The van der Waals surface area contributed by atoms with Crippen molar-refractivity contribution in [3.05, 3.63) is 59.2 Å². The van der Waals surface area contributed by atoms with Crippen LogP contribution < -0.4 is 14.4 Å². The molecule has 0 spiro atoms. The molecule has 156 valence electrons. The molecule has 1 unspecified atom stereocenters. The molecule has 1 atom stereocenters. The molecule has 1 amide bonds. The number of sulfonamides is 1. The molecule has 2 aromatic rings. The van der Waals surface area contributed by atoms with Gasteiger partial charge in [-0.1, -0.05) is 18.2 Å². The Morgan fingerprint density at radius 1 is 1.10 bits per heavy atom. The fraction of sp³-hybridized carbons (Fsp3) is 0.409. The summed E-state index contributed by atoms with van der Waals surface area (Å²) in [7, 11) is -1.83. The molecule has 0 bridgehead atoms. The highest BCUT2D eigenvalue weighted by Gasteiger charge is 2.15. The van der Waals surface area contributed by atoms with Gasteiger partial charge in [-0.05, 0) is 73.6 Å². The van der Waals surface area contributed by atoms with Crippen LogP contribution in [0.2, 0.25) is 0 Å². The summed E-state index contributed by atoms with van der Waals surface area (Å²) < 4.78 is 29.9. The van der Waals surface area contributed by atoms with Crippen LogP contribution in [-0.2, 0) is 27.7 Å². The zero-order chi connectivity index (χ0) is 21.0. The molecule has 0 heterocycles. The number of ether oxygens (including phenoxy) is 1. The maximum Gasteiger partial charge on any atom is 0.258 e. The normalized spacial score (nSPS) is 14.6. The Labute approximate surface area is 172 Å². The minimum Gasteiger partial charge on any atom is -0.484 e. The number of fused-ring (bicyclic) bond motifs is 1. The Bertz CT molecular complexity index is 971. The number of rotatable bonds is 7. The average Bonchev–Trinajstić information content (AvgIpc) is 2.71. The maximum atomic E-state index is 12.3. The van der Waals surface area contributed by atoms with Crippen LogP contribution in [0.4, 0.5) is 5.69 Å². The second-order valence-electron chi connectivity index (χ2n) is 7.54. The van der Waals surface area contributed by atoms with Crippen LogP contribution in [0, 0.1) is 0 Å². The smallest absolute Gasteiger partial charge is 0.258 e. The van der Waals surface area contributed by atoms with E-state index in [0.29, 0.717) is 11.4 Å². The number of benzene rings is 2. The van der Waals surface area contributed by atoms with Gasteiger partial charge in [0, 0.05) is 7.05 Å². The zero-order valence-corrected chi connectivity index (χ0v) is 18.0. The monoisotopic (exact) mass is 416 g/mol.